The third-order valence-electron chi connectivity index (χ3n) is 0.756. The van der Waals surface area contributed by atoms with Gasteiger partial charge in [-0.2, -0.15) is 19.2 Å². The van der Waals surface area contributed by atoms with Gasteiger partial charge in [0, 0.05) is 0 Å². The van der Waals surface area contributed by atoms with Crippen molar-refractivity contribution in [2.45, 2.75) is 0 Å². The number of rotatable bonds is 4. The van der Waals surface area contributed by atoms with Gasteiger partial charge in [0.15, 0.2) is 0 Å². The summed E-state index contributed by atoms with van der Waals surface area (Å²) in [7, 11) is -4.05. The quantitative estimate of drug-likeness (QED) is 0.245. The van der Waals surface area contributed by atoms with Crippen LogP contribution in [-0.4, -0.2) is 27.0 Å². The zero-order valence-electron chi connectivity index (χ0n) is 5.92. The third kappa shape index (κ3) is 3.03. The minimum Gasteiger partial charge on any atom is -0.420 e. The van der Waals surface area contributed by atoms with E-state index in [0.717, 1.165) is 24.5 Å². The smallest absolute Gasteiger partial charge is 0.420 e. The first kappa shape index (κ1) is 10.6. The van der Waals surface area contributed by atoms with E-state index < -0.39 is 8.80 Å². The Morgan fingerprint density at radius 3 is 1.62 bits per heavy atom. The van der Waals surface area contributed by atoms with Crippen LogP contribution < -0.4 is 0 Å². The first-order chi connectivity index (χ1) is 6.24. The highest BCUT2D eigenvalue weighted by Gasteiger charge is 2.43. The molecule has 0 aromatic rings. The molecular weight excluding hydrogens is 196 g/mol. The Hall–Kier alpha value is -2.35. The highest BCUT2D eigenvalue weighted by atomic mass is 28.4. The second-order valence-electron chi connectivity index (χ2n) is 1.38. The fourth-order valence-corrected chi connectivity index (χ4v) is 1.15. The molecule has 0 atom stereocenters. The van der Waals surface area contributed by atoms with E-state index >= 15 is 0 Å². The number of isocyanates is 3. The fourth-order valence-electron chi connectivity index (χ4n) is 0.383. The van der Waals surface area contributed by atoms with Gasteiger partial charge < -0.3 is 4.43 Å². The summed E-state index contributed by atoms with van der Waals surface area (Å²) in [4.78, 5) is 29.5. The molecule has 0 aliphatic rings. The van der Waals surface area contributed by atoms with Crippen molar-refractivity contribution >= 4 is 27.0 Å². The summed E-state index contributed by atoms with van der Waals surface area (Å²) in [5.41, 5.74) is 0. The van der Waals surface area contributed by atoms with E-state index in [0.29, 0.717) is 0 Å². The van der Waals surface area contributed by atoms with E-state index in [9.17, 15) is 14.4 Å². The van der Waals surface area contributed by atoms with Crippen molar-refractivity contribution in [3.8, 4) is 6.26 Å². The van der Waals surface area contributed by atoms with Crippen LogP contribution in [0.5, 0.6) is 0 Å². The number of nitrogens with zero attached hydrogens (tertiary/aromatic N) is 4. The van der Waals surface area contributed by atoms with Crippen LogP contribution in [-0.2, 0) is 18.8 Å². The lowest BCUT2D eigenvalue weighted by molar-refractivity contribution is 0.483. The largest absolute Gasteiger partial charge is 0.709 e. The SMILES string of the molecule is N#CO[Si](N=C=O)(N=C=O)N=C=O. The highest BCUT2D eigenvalue weighted by Crippen LogP contribution is 2.07. The Balaban J connectivity index is 5.28. The van der Waals surface area contributed by atoms with E-state index in [-0.39, 0.29) is 0 Å². The van der Waals surface area contributed by atoms with Crippen LogP contribution in [0, 0.1) is 11.5 Å². The van der Waals surface area contributed by atoms with Crippen molar-refractivity contribution in [3.05, 3.63) is 0 Å². The van der Waals surface area contributed by atoms with E-state index in [4.69, 9.17) is 5.26 Å². The van der Waals surface area contributed by atoms with Crippen LogP contribution in [0.15, 0.2) is 14.0 Å². The van der Waals surface area contributed by atoms with Gasteiger partial charge in [-0.3, -0.25) is 0 Å². The maximum atomic E-state index is 9.82. The fraction of sp³-hybridized carbons (Fsp3) is 0. The molecule has 13 heavy (non-hydrogen) atoms. The van der Waals surface area contributed by atoms with Crippen molar-refractivity contribution in [2.24, 2.45) is 14.0 Å². The lowest BCUT2D eigenvalue weighted by Crippen LogP contribution is -2.30. The molecule has 0 bridgehead atoms. The normalized spacial score (nSPS) is 11.6. The molecule has 0 amide bonds. The number of hydrogen-bond donors (Lipinski definition) is 0. The number of nitriles is 1. The second kappa shape index (κ2) is 5.32. The van der Waals surface area contributed by atoms with Crippen LogP contribution in [0.25, 0.3) is 0 Å². The average molecular weight is 196 g/mol. The molecule has 0 saturated carbocycles. The van der Waals surface area contributed by atoms with Crippen LogP contribution in [0.2, 0.25) is 0 Å². The summed E-state index contributed by atoms with van der Waals surface area (Å²) in [5.74, 6) is 0. The molecule has 0 rings (SSSR count). The molecule has 0 radical (unpaired) electrons. The summed E-state index contributed by atoms with van der Waals surface area (Å²) < 4.78 is 12.7. The van der Waals surface area contributed by atoms with E-state index in [1.807, 2.05) is 0 Å². The Bertz CT molecular complexity index is 323. The minimum atomic E-state index is -4.05. The van der Waals surface area contributed by atoms with E-state index in [1.165, 1.54) is 0 Å². The Labute approximate surface area is 72.3 Å². The van der Waals surface area contributed by atoms with E-state index in [2.05, 4.69) is 18.4 Å². The van der Waals surface area contributed by atoms with Crippen LogP contribution in [0.4, 0.5) is 0 Å². The van der Waals surface area contributed by atoms with Crippen molar-refractivity contribution in [1.82, 2.24) is 0 Å². The van der Waals surface area contributed by atoms with Gasteiger partial charge in [-0.1, -0.05) is 0 Å². The first-order valence-electron chi connectivity index (χ1n) is 2.59. The van der Waals surface area contributed by atoms with Crippen molar-refractivity contribution in [2.75, 3.05) is 0 Å². The van der Waals surface area contributed by atoms with Crippen molar-refractivity contribution in [3.63, 3.8) is 0 Å². The topological polar surface area (TPSA) is 121 Å². The molecule has 0 aromatic carbocycles. The summed E-state index contributed by atoms with van der Waals surface area (Å²) >= 11 is 0. The molecule has 0 heterocycles. The predicted octanol–water partition coefficient (Wildman–Crippen LogP) is -1.07. The standard InChI is InChI=1S/C4N4O4Si/c5-1-12-13(6-2-9,7-3-10)8-4-11. The first-order valence-corrected chi connectivity index (χ1v) is 4.34. The minimum absolute atomic E-state index is 0.978. The van der Waals surface area contributed by atoms with Gasteiger partial charge in [-0.25, -0.2) is 14.4 Å². The molecule has 0 fully saturated rings. The van der Waals surface area contributed by atoms with Crippen molar-refractivity contribution in [1.29, 1.82) is 5.26 Å². The molecule has 0 aromatic heterocycles. The van der Waals surface area contributed by atoms with Gasteiger partial charge >= 0.3 is 8.80 Å². The molecule has 0 aliphatic heterocycles. The van der Waals surface area contributed by atoms with Gasteiger partial charge in [0.25, 0.3) is 6.26 Å². The maximum absolute atomic E-state index is 9.82. The molecule has 0 unspecified atom stereocenters. The highest BCUT2D eigenvalue weighted by molar-refractivity contribution is 6.70. The predicted molar refractivity (Wildman–Crippen MR) is 36.8 cm³/mol. The van der Waals surface area contributed by atoms with Gasteiger partial charge in [-0.05, 0) is 0 Å². The zero-order valence-corrected chi connectivity index (χ0v) is 6.92. The average Bonchev–Trinajstić information content (AvgIpc) is 2.06. The lowest BCUT2D eigenvalue weighted by Gasteiger charge is -2.02. The molecule has 0 N–H and O–H groups in total. The van der Waals surface area contributed by atoms with Gasteiger partial charge in [0.1, 0.15) is 0 Å². The molecule has 8 nitrogen and oxygen atoms in total. The molecule has 0 saturated heterocycles. The monoisotopic (exact) mass is 196 g/mol. The lowest BCUT2D eigenvalue weighted by atomic mass is 11.6. The Morgan fingerprint density at radius 1 is 1.00 bits per heavy atom. The summed E-state index contributed by atoms with van der Waals surface area (Å²) in [5, 5.41) is 8.07. The summed E-state index contributed by atoms with van der Waals surface area (Å²) in [6, 6.07) is 0. The molecule has 9 heteroatoms. The molecule has 0 spiro atoms. The summed E-state index contributed by atoms with van der Waals surface area (Å²) in [6.07, 6.45) is 4.04. The Morgan fingerprint density at radius 2 is 1.38 bits per heavy atom. The van der Waals surface area contributed by atoms with Gasteiger partial charge in [-0.15, -0.1) is 0 Å². The van der Waals surface area contributed by atoms with Gasteiger partial charge in [0.2, 0.25) is 18.2 Å². The number of hydrogen-bond acceptors (Lipinski definition) is 8. The second-order valence-corrected chi connectivity index (χ2v) is 3.40. The summed E-state index contributed by atoms with van der Waals surface area (Å²) in [6.45, 7) is 0. The van der Waals surface area contributed by atoms with Crippen LogP contribution in [0.3, 0.4) is 0 Å². The molecular formula is C4N4O4Si. The molecule has 0 aliphatic carbocycles. The van der Waals surface area contributed by atoms with E-state index in [1.54, 1.807) is 0 Å². The Kier molecular flexibility index (Phi) is 4.35. The van der Waals surface area contributed by atoms with Crippen LogP contribution in [0.1, 0.15) is 0 Å². The number of carbonyl (C=O) groups excluding carboxylic acids is 3. The maximum Gasteiger partial charge on any atom is 0.709 e. The van der Waals surface area contributed by atoms with Gasteiger partial charge in [0.05, 0.1) is 0 Å². The van der Waals surface area contributed by atoms with Crippen molar-refractivity contribution < 1.29 is 18.8 Å². The zero-order chi connectivity index (χ0) is 10.2. The molecule has 64 valence electrons. The van der Waals surface area contributed by atoms with Crippen LogP contribution >= 0.6 is 0 Å². The third-order valence-corrected chi connectivity index (χ3v) is 2.27.